The number of para-hydroxylation sites is 1. The Balaban J connectivity index is 1.32. The smallest absolute Gasteiger partial charge is 0.264 e. The van der Waals surface area contributed by atoms with Crippen molar-refractivity contribution >= 4 is 22.9 Å². The molecule has 0 N–H and O–H groups in total. The second-order valence-corrected chi connectivity index (χ2v) is 8.42. The van der Waals surface area contributed by atoms with Gasteiger partial charge in [-0.1, -0.05) is 24.3 Å². The molecule has 0 atom stereocenters. The lowest BCUT2D eigenvalue weighted by molar-refractivity contribution is 0.0751. The average molecular weight is 391 g/mol. The Morgan fingerprint density at radius 2 is 1.82 bits per heavy atom. The van der Waals surface area contributed by atoms with E-state index in [0.29, 0.717) is 6.61 Å². The van der Waals surface area contributed by atoms with Gasteiger partial charge in [0.25, 0.3) is 5.91 Å². The van der Waals surface area contributed by atoms with Crippen molar-refractivity contribution in [2.24, 2.45) is 0 Å². The topological polar surface area (TPSA) is 32.8 Å². The Kier molecular flexibility index (Phi) is 4.32. The third kappa shape index (κ3) is 3.06. The number of carbonyl (C=O) groups excluding carboxylic acids is 1. The molecule has 3 aromatic rings. The number of thiophene rings is 1. The maximum absolute atomic E-state index is 13.1. The molecule has 0 spiro atoms. The molecule has 2 aliphatic heterocycles. The first-order valence-electron chi connectivity index (χ1n) is 9.65. The molecule has 1 aromatic heterocycles. The number of ether oxygens (including phenoxy) is 1. The number of anilines is 1. The molecule has 142 valence electrons. The van der Waals surface area contributed by atoms with Crippen molar-refractivity contribution in [2.75, 3.05) is 31.1 Å². The molecule has 1 amide bonds. The number of nitrogens with zero attached hydrogens (tertiary/aromatic N) is 2. The maximum atomic E-state index is 13.1. The average Bonchev–Trinajstić information content (AvgIpc) is 3.18. The number of hydrogen-bond acceptors (Lipinski definition) is 4. The zero-order valence-corrected chi connectivity index (χ0v) is 16.7. The second-order valence-electron chi connectivity index (χ2n) is 7.37. The summed E-state index contributed by atoms with van der Waals surface area (Å²) in [7, 11) is 0. The predicted octanol–water partition coefficient (Wildman–Crippen LogP) is 4.58. The molecule has 0 radical (unpaired) electrons. The molecule has 4 nitrogen and oxygen atoms in total. The molecule has 0 saturated carbocycles. The Bertz CT molecular complexity index is 1030. The van der Waals surface area contributed by atoms with E-state index in [0.717, 1.165) is 47.9 Å². The van der Waals surface area contributed by atoms with Crippen molar-refractivity contribution in [2.45, 2.75) is 13.5 Å². The minimum absolute atomic E-state index is 0.140. The summed E-state index contributed by atoms with van der Waals surface area (Å²) in [5.74, 6) is 1.04. The van der Waals surface area contributed by atoms with E-state index in [1.54, 1.807) is 11.3 Å². The zero-order valence-electron chi connectivity index (χ0n) is 15.9. The molecular formula is C23H22N2O2S. The van der Waals surface area contributed by atoms with Crippen molar-refractivity contribution in [1.82, 2.24) is 4.90 Å². The van der Waals surface area contributed by atoms with E-state index in [2.05, 4.69) is 42.2 Å². The first kappa shape index (κ1) is 17.3. The molecule has 2 aromatic carbocycles. The highest BCUT2D eigenvalue weighted by Gasteiger charge is 2.27. The van der Waals surface area contributed by atoms with Crippen molar-refractivity contribution in [3.8, 4) is 16.2 Å². The number of carbonyl (C=O) groups is 1. The summed E-state index contributed by atoms with van der Waals surface area (Å²) in [5.41, 5.74) is 4.72. The summed E-state index contributed by atoms with van der Waals surface area (Å²) in [5, 5.41) is 0. The lowest BCUT2D eigenvalue weighted by Gasteiger charge is -2.36. The summed E-state index contributed by atoms with van der Waals surface area (Å²) in [6.45, 7) is 5.89. The molecule has 2 aliphatic rings. The molecule has 1 fully saturated rings. The van der Waals surface area contributed by atoms with Crippen LogP contribution in [0.1, 0.15) is 20.8 Å². The fourth-order valence-corrected chi connectivity index (χ4v) is 5.12. The largest absolute Gasteiger partial charge is 0.488 e. The van der Waals surface area contributed by atoms with E-state index in [1.807, 2.05) is 29.2 Å². The van der Waals surface area contributed by atoms with Crippen LogP contribution in [0.5, 0.6) is 5.75 Å². The van der Waals surface area contributed by atoms with Gasteiger partial charge in [0.15, 0.2) is 0 Å². The number of benzene rings is 2. The van der Waals surface area contributed by atoms with Crippen molar-refractivity contribution in [1.29, 1.82) is 0 Å². The van der Waals surface area contributed by atoms with Gasteiger partial charge in [0.2, 0.25) is 0 Å². The van der Waals surface area contributed by atoms with Gasteiger partial charge in [-0.2, -0.15) is 0 Å². The summed E-state index contributed by atoms with van der Waals surface area (Å²) < 4.78 is 5.84. The molecule has 0 bridgehead atoms. The summed E-state index contributed by atoms with van der Waals surface area (Å²) in [6, 6.07) is 18.6. The quantitative estimate of drug-likeness (QED) is 0.642. The van der Waals surface area contributed by atoms with E-state index in [1.165, 1.54) is 16.1 Å². The molecule has 0 unspecified atom stereocenters. The minimum Gasteiger partial charge on any atom is -0.488 e. The monoisotopic (exact) mass is 390 g/mol. The van der Waals surface area contributed by atoms with E-state index >= 15 is 0 Å². The van der Waals surface area contributed by atoms with Crippen LogP contribution in [0.2, 0.25) is 0 Å². The third-order valence-corrected chi connectivity index (χ3v) is 6.67. The van der Waals surface area contributed by atoms with Gasteiger partial charge in [-0.15, -0.1) is 11.3 Å². The number of fused-ring (bicyclic) bond motifs is 3. The van der Waals surface area contributed by atoms with E-state index in [-0.39, 0.29) is 5.91 Å². The lowest BCUT2D eigenvalue weighted by atomic mass is 10.1. The number of piperazine rings is 1. The number of rotatable bonds is 2. The molecule has 3 heterocycles. The Morgan fingerprint density at radius 1 is 1.00 bits per heavy atom. The normalized spacial score (nSPS) is 15.6. The van der Waals surface area contributed by atoms with Crippen LogP contribution in [0.25, 0.3) is 10.4 Å². The molecule has 0 aliphatic carbocycles. The second kappa shape index (κ2) is 6.99. The van der Waals surface area contributed by atoms with E-state index in [4.69, 9.17) is 4.74 Å². The molecule has 1 saturated heterocycles. The summed E-state index contributed by atoms with van der Waals surface area (Å²) >= 11 is 1.59. The fraction of sp³-hybridized carbons (Fsp3) is 0.261. The number of hydrogen-bond donors (Lipinski definition) is 0. The van der Waals surface area contributed by atoms with Crippen LogP contribution in [0.4, 0.5) is 5.69 Å². The Morgan fingerprint density at radius 3 is 2.64 bits per heavy atom. The summed E-state index contributed by atoms with van der Waals surface area (Å²) in [4.78, 5) is 19.4. The minimum atomic E-state index is 0.140. The first-order valence-corrected chi connectivity index (χ1v) is 10.5. The number of amides is 1. The van der Waals surface area contributed by atoms with Gasteiger partial charge in [-0.05, 0) is 42.8 Å². The van der Waals surface area contributed by atoms with Crippen LogP contribution in [0.3, 0.4) is 0 Å². The van der Waals surface area contributed by atoms with Gasteiger partial charge in [0.05, 0.1) is 4.88 Å². The van der Waals surface area contributed by atoms with Crippen LogP contribution >= 0.6 is 11.3 Å². The van der Waals surface area contributed by atoms with Crippen LogP contribution in [0.15, 0.2) is 54.6 Å². The van der Waals surface area contributed by atoms with Gasteiger partial charge in [-0.25, -0.2) is 0 Å². The van der Waals surface area contributed by atoms with Crippen LogP contribution in [0, 0.1) is 6.92 Å². The van der Waals surface area contributed by atoms with E-state index < -0.39 is 0 Å². The molecule has 28 heavy (non-hydrogen) atoms. The first-order chi connectivity index (χ1) is 13.7. The molecule has 5 heteroatoms. The maximum Gasteiger partial charge on any atom is 0.264 e. The number of aryl methyl sites for hydroxylation is 1. The van der Waals surface area contributed by atoms with Crippen molar-refractivity contribution in [3.05, 3.63) is 70.6 Å². The fourth-order valence-electron chi connectivity index (χ4n) is 3.95. The third-order valence-electron chi connectivity index (χ3n) is 5.47. The predicted molar refractivity (Wildman–Crippen MR) is 113 cm³/mol. The van der Waals surface area contributed by atoms with Gasteiger partial charge in [0, 0.05) is 47.9 Å². The zero-order chi connectivity index (χ0) is 19.1. The van der Waals surface area contributed by atoms with Crippen LogP contribution in [-0.4, -0.2) is 37.0 Å². The summed E-state index contributed by atoms with van der Waals surface area (Å²) in [6.07, 6.45) is 0. The Hall–Kier alpha value is -2.79. The van der Waals surface area contributed by atoms with Crippen molar-refractivity contribution in [3.63, 3.8) is 0 Å². The highest BCUT2D eigenvalue weighted by molar-refractivity contribution is 7.17. The Labute approximate surface area is 169 Å². The molecular weight excluding hydrogens is 368 g/mol. The standard InChI is InChI=1S/C23H22N2O2S/c1-16-5-4-6-18(13-16)24-9-11-25(12-10-24)23(26)21-14-17-15-27-20-8-3-2-7-19(20)22(17)28-21/h2-8,13-14H,9-12,15H2,1H3. The van der Waals surface area contributed by atoms with Gasteiger partial charge < -0.3 is 14.5 Å². The van der Waals surface area contributed by atoms with Gasteiger partial charge in [0.1, 0.15) is 12.4 Å². The van der Waals surface area contributed by atoms with Gasteiger partial charge in [-0.3, -0.25) is 4.79 Å². The van der Waals surface area contributed by atoms with Crippen LogP contribution in [-0.2, 0) is 6.61 Å². The van der Waals surface area contributed by atoms with Crippen molar-refractivity contribution < 1.29 is 9.53 Å². The highest BCUT2D eigenvalue weighted by atomic mass is 32.1. The SMILES string of the molecule is Cc1cccc(N2CCN(C(=O)c3cc4c(s3)-c3ccccc3OC4)CC2)c1. The lowest BCUT2D eigenvalue weighted by Crippen LogP contribution is -2.48. The molecule has 5 rings (SSSR count). The van der Waals surface area contributed by atoms with Gasteiger partial charge >= 0.3 is 0 Å². The highest BCUT2D eigenvalue weighted by Crippen LogP contribution is 2.42. The van der Waals surface area contributed by atoms with E-state index in [9.17, 15) is 4.79 Å². The van der Waals surface area contributed by atoms with Crippen LogP contribution < -0.4 is 9.64 Å².